The summed E-state index contributed by atoms with van der Waals surface area (Å²) in [6, 6.07) is 25.7. The topological polar surface area (TPSA) is 154 Å². The van der Waals surface area contributed by atoms with Crippen LogP contribution in [0.2, 0.25) is 0 Å². The minimum atomic E-state index is -5.14. The zero-order chi connectivity index (χ0) is 46.2. The second kappa shape index (κ2) is 18.1. The molecule has 0 atom stereocenters. The number of carbonyl (C=O) groups is 1. The monoisotopic (exact) mass is 864 g/mol. The molecule has 0 bridgehead atoms. The largest absolute Gasteiger partial charge is 0.739 e. The summed E-state index contributed by atoms with van der Waals surface area (Å²) < 4.78 is 40.1. The van der Waals surface area contributed by atoms with Gasteiger partial charge in [-0.05, 0) is 172 Å². The van der Waals surface area contributed by atoms with Gasteiger partial charge < -0.3 is 20.5 Å². The number of nitro groups is 1. The highest BCUT2D eigenvalue weighted by Crippen LogP contribution is 2.42. The maximum atomic E-state index is 13.4. The number of anilines is 5. The van der Waals surface area contributed by atoms with E-state index in [-0.39, 0.29) is 34.3 Å². The summed E-state index contributed by atoms with van der Waals surface area (Å²) in [6.45, 7) is 25.3. The summed E-state index contributed by atoms with van der Waals surface area (Å²) in [5.41, 5.74) is 16.8. The quantitative estimate of drug-likeness (QED) is 0.0341. The number of hydrogen-bond acceptors (Lipinski definition) is 8. The first-order chi connectivity index (χ1) is 29.6. The Morgan fingerprint density at radius 2 is 1.06 bits per heavy atom. The molecule has 0 aliphatic heterocycles. The second-order valence-corrected chi connectivity index (χ2v) is 18.6. The molecule has 0 saturated carbocycles. The number of hydrogen-bond donors (Lipinski definition) is 3. The van der Waals surface area contributed by atoms with Gasteiger partial charge in [-0.1, -0.05) is 39.8 Å². The number of benzene rings is 6. The van der Waals surface area contributed by atoms with Crippen LogP contribution in [0.15, 0.2) is 95.9 Å². The van der Waals surface area contributed by atoms with Crippen molar-refractivity contribution in [3.8, 4) is 0 Å². The van der Waals surface area contributed by atoms with Crippen molar-refractivity contribution in [3.63, 3.8) is 0 Å². The van der Waals surface area contributed by atoms with Crippen LogP contribution in [0.5, 0.6) is 0 Å². The number of nitro benzene ring substituents is 1. The molecule has 6 aromatic rings. The Kier molecular flexibility index (Phi) is 13.3. The van der Waals surface area contributed by atoms with Crippen LogP contribution in [0.1, 0.15) is 122 Å². The maximum Gasteiger partial charge on any atom is 0.269 e. The third-order valence-corrected chi connectivity index (χ3v) is 13.2. The molecule has 6 rings (SSSR count). The average Bonchev–Trinajstić information content (AvgIpc) is 3.23. The maximum absolute atomic E-state index is 13.4. The van der Waals surface area contributed by atoms with Gasteiger partial charge in [0.1, 0.15) is 15.0 Å². The van der Waals surface area contributed by atoms with Crippen molar-refractivity contribution in [1.82, 2.24) is 0 Å². The predicted octanol–water partition coefficient (Wildman–Crippen LogP) is 13.0. The highest BCUT2D eigenvalue weighted by atomic mass is 32.2. The van der Waals surface area contributed by atoms with Crippen LogP contribution in [0.4, 0.5) is 34.1 Å². The fourth-order valence-corrected chi connectivity index (χ4v) is 8.98. The first-order valence-corrected chi connectivity index (χ1v) is 22.5. The zero-order valence-corrected chi connectivity index (χ0v) is 38.9. The van der Waals surface area contributed by atoms with E-state index in [4.69, 9.17) is 0 Å². The van der Waals surface area contributed by atoms with Gasteiger partial charge in [0.15, 0.2) is 0 Å². The lowest BCUT2D eigenvalue weighted by molar-refractivity contribution is -0.384. The predicted molar refractivity (Wildman–Crippen MR) is 254 cm³/mol. The second-order valence-electron chi connectivity index (χ2n) is 17.2. The first kappa shape index (κ1) is 46.1. The third-order valence-electron chi connectivity index (χ3n) is 12.3. The molecule has 0 heterocycles. The van der Waals surface area contributed by atoms with E-state index in [2.05, 4.69) is 123 Å². The van der Waals surface area contributed by atoms with Crippen LogP contribution in [0.3, 0.4) is 0 Å². The van der Waals surface area contributed by atoms with Gasteiger partial charge in [-0.3, -0.25) is 14.9 Å². The van der Waals surface area contributed by atoms with Crippen LogP contribution < -0.4 is 16.0 Å². The molecule has 0 fully saturated rings. The van der Waals surface area contributed by atoms with Crippen molar-refractivity contribution in [1.29, 1.82) is 0 Å². The van der Waals surface area contributed by atoms with Gasteiger partial charge >= 0.3 is 0 Å². The molecule has 0 saturated heterocycles. The Hall–Kier alpha value is -6.43. The molecule has 0 aliphatic rings. The third kappa shape index (κ3) is 9.65. The summed E-state index contributed by atoms with van der Waals surface area (Å²) in [5, 5.41) is 21.3. The Bertz CT molecular complexity index is 2760. The Labute approximate surface area is 372 Å². The average molecular weight is 865 g/mol. The van der Waals surface area contributed by atoms with Crippen molar-refractivity contribution in [2.24, 2.45) is 0 Å². The summed E-state index contributed by atoms with van der Waals surface area (Å²) >= 11 is 0. The van der Waals surface area contributed by atoms with E-state index in [9.17, 15) is 27.9 Å². The minimum absolute atomic E-state index is 0.0443. The number of carbonyl (C=O) groups excluding carboxylic acids is 1. The van der Waals surface area contributed by atoms with Gasteiger partial charge in [-0.2, -0.15) is 0 Å². The van der Waals surface area contributed by atoms with Gasteiger partial charge in [0.2, 0.25) is 0 Å². The van der Waals surface area contributed by atoms with E-state index < -0.39 is 25.8 Å². The zero-order valence-electron chi connectivity index (χ0n) is 38.1. The van der Waals surface area contributed by atoms with Crippen molar-refractivity contribution in [2.45, 2.75) is 99.8 Å². The van der Waals surface area contributed by atoms with Gasteiger partial charge in [0.25, 0.3) is 11.6 Å². The van der Waals surface area contributed by atoms with Gasteiger partial charge in [0.05, 0.1) is 44.6 Å². The molecule has 0 unspecified atom stereocenters. The molecule has 3 N–H and O–H groups in total. The van der Waals surface area contributed by atoms with Crippen molar-refractivity contribution in [3.05, 3.63) is 185 Å². The lowest BCUT2D eigenvalue weighted by Gasteiger charge is -2.24. The first-order valence-electron chi connectivity index (χ1n) is 21.1. The molecule has 326 valence electrons. The van der Waals surface area contributed by atoms with Crippen LogP contribution >= 0.6 is 0 Å². The SMILES string of the molecule is Cc1cc(C)c(Nc2ccc([C+](c3ccc(Nc4c(C)cc(C)c(C)c4C)c(C(C)C)c3)c3ccc(NC(=O)c4ccc([N+](=O)[O-])cc4)cc3S(=O)(=O)[O-])cc2C(C)C)c(C)c1C. The molecule has 10 nitrogen and oxygen atoms in total. The molecule has 0 radical (unpaired) electrons. The highest BCUT2D eigenvalue weighted by molar-refractivity contribution is 7.85. The van der Waals surface area contributed by atoms with Crippen LogP contribution in [0, 0.1) is 71.4 Å². The number of nitrogens with one attached hydrogen (secondary N) is 3. The van der Waals surface area contributed by atoms with E-state index in [1.807, 2.05) is 24.3 Å². The molecule has 11 heteroatoms. The van der Waals surface area contributed by atoms with E-state index in [0.29, 0.717) is 17.0 Å². The van der Waals surface area contributed by atoms with E-state index in [0.717, 1.165) is 56.1 Å². The van der Waals surface area contributed by atoms with Crippen LogP contribution in [0.25, 0.3) is 0 Å². The fraction of sp³-hybridized carbons (Fsp3) is 0.269. The highest BCUT2D eigenvalue weighted by Gasteiger charge is 2.31. The number of non-ortho nitro benzene ring substituents is 1. The van der Waals surface area contributed by atoms with Gasteiger partial charge in [0, 0.05) is 46.3 Å². The summed E-state index contributed by atoms with van der Waals surface area (Å²) in [4.78, 5) is 23.4. The summed E-state index contributed by atoms with van der Waals surface area (Å²) in [6.07, 6.45) is 0. The lowest BCUT2D eigenvalue weighted by atomic mass is 9.81. The van der Waals surface area contributed by atoms with Gasteiger partial charge in [-0.15, -0.1) is 0 Å². The van der Waals surface area contributed by atoms with Crippen LogP contribution in [-0.4, -0.2) is 23.8 Å². The van der Waals surface area contributed by atoms with Crippen LogP contribution in [-0.2, 0) is 10.1 Å². The van der Waals surface area contributed by atoms with Crippen molar-refractivity contribution in [2.75, 3.05) is 16.0 Å². The lowest BCUT2D eigenvalue weighted by Crippen LogP contribution is -2.15. The number of amides is 1. The molecule has 0 aromatic heterocycles. The van der Waals surface area contributed by atoms with Crippen molar-refractivity contribution < 1.29 is 22.7 Å². The molecule has 1 amide bonds. The Morgan fingerprint density at radius 3 is 1.48 bits per heavy atom. The summed E-state index contributed by atoms with van der Waals surface area (Å²) in [5.74, 6) is -0.0174. The molecule has 63 heavy (non-hydrogen) atoms. The number of nitrogens with zero attached hydrogens (tertiary/aromatic N) is 1. The summed E-state index contributed by atoms with van der Waals surface area (Å²) in [7, 11) is -5.14. The Morgan fingerprint density at radius 1 is 0.603 bits per heavy atom. The molecule has 0 aliphatic carbocycles. The Balaban J connectivity index is 1.54. The molecular weight excluding hydrogens is 809 g/mol. The fourth-order valence-electron chi connectivity index (χ4n) is 8.27. The number of aryl methyl sites for hydroxylation is 4. The molecule has 6 aromatic carbocycles. The van der Waals surface area contributed by atoms with Gasteiger partial charge in [-0.25, -0.2) is 8.42 Å². The normalized spacial score (nSPS) is 11.5. The van der Waals surface area contributed by atoms with E-state index >= 15 is 0 Å². The minimum Gasteiger partial charge on any atom is -0.739 e. The van der Waals surface area contributed by atoms with E-state index in [1.165, 1.54) is 52.6 Å². The standard InChI is InChI=1S/C52H56N4O6S/c1-28(2)44-25-39(15-21-46(44)54-50-32(7)23-30(5)34(9)36(50)11)49(40-16-22-47(45(26-40)29(3)4)55-51-33(8)24-31(6)35(10)37(51)12)43-20-17-41(27-48(43)63(60,61)62)53-52(57)38-13-18-42(19-14-38)56(58)59/h13-29,54-55H,1-12H3,(H-,53,57,60,61,62). The molecule has 0 spiro atoms. The number of rotatable bonds is 13. The van der Waals surface area contributed by atoms with Crippen molar-refractivity contribution >= 4 is 50.1 Å². The smallest absolute Gasteiger partial charge is 0.269 e. The van der Waals surface area contributed by atoms with E-state index in [1.54, 1.807) is 12.1 Å². The molecular formula is C52H56N4O6S.